The van der Waals surface area contributed by atoms with Crippen molar-refractivity contribution in [2.75, 3.05) is 19.0 Å². The molecule has 0 radical (unpaired) electrons. The van der Waals surface area contributed by atoms with Crippen LogP contribution < -0.4 is 10.1 Å². The van der Waals surface area contributed by atoms with Crippen molar-refractivity contribution in [3.63, 3.8) is 0 Å². The summed E-state index contributed by atoms with van der Waals surface area (Å²) in [5.74, 6) is 0.510. The van der Waals surface area contributed by atoms with Crippen molar-refractivity contribution in [2.45, 2.75) is 13.8 Å². The Morgan fingerprint density at radius 3 is 2.71 bits per heavy atom. The molecule has 0 aromatic heterocycles. The average Bonchev–Trinajstić information content (AvgIpc) is 2.17. The Labute approximate surface area is 83.2 Å². The molecule has 4 heteroatoms. The quantitative estimate of drug-likeness (QED) is 0.750. The summed E-state index contributed by atoms with van der Waals surface area (Å²) >= 11 is 0. The van der Waals surface area contributed by atoms with E-state index in [4.69, 9.17) is 4.74 Å². The Morgan fingerprint density at radius 1 is 1.50 bits per heavy atom. The molecule has 0 saturated heterocycles. The van der Waals surface area contributed by atoms with Crippen molar-refractivity contribution in [1.82, 2.24) is 0 Å². The average molecular weight is 194 g/mol. The molecule has 0 saturated carbocycles. The van der Waals surface area contributed by atoms with Gasteiger partial charge in [0.2, 0.25) is 0 Å². The lowest BCUT2D eigenvalue weighted by molar-refractivity contribution is 0.416. The van der Waals surface area contributed by atoms with E-state index >= 15 is 0 Å². The lowest BCUT2D eigenvalue weighted by Gasteiger charge is -2.09. The topological polar surface area (TPSA) is 50.7 Å². The maximum absolute atomic E-state index is 10.5. The first-order valence-corrected chi connectivity index (χ1v) is 4.48. The van der Waals surface area contributed by atoms with Crippen LogP contribution in [0, 0.1) is 11.8 Å². The van der Waals surface area contributed by atoms with Crippen LogP contribution >= 0.6 is 0 Å². The molecule has 0 spiro atoms. The molecule has 14 heavy (non-hydrogen) atoms. The second kappa shape index (κ2) is 4.60. The number of methoxy groups -OCH3 is 1. The van der Waals surface area contributed by atoms with Crippen LogP contribution in [0.4, 0.5) is 11.4 Å². The van der Waals surface area contributed by atoms with Gasteiger partial charge >= 0.3 is 0 Å². The molecule has 0 aliphatic rings. The molecule has 1 aromatic rings. The Morgan fingerprint density at radius 2 is 2.21 bits per heavy atom. The first kappa shape index (κ1) is 10.5. The van der Waals surface area contributed by atoms with Gasteiger partial charge < -0.3 is 10.1 Å². The maximum Gasteiger partial charge on any atom is 0.152 e. The van der Waals surface area contributed by atoms with E-state index in [-0.39, 0.29) is 0 Å². The Balaban J connectivity index is 3.16. The first-order chi connectivity index (χ1) is 6.72. The number of aryl methyl sites for hydroxylation is 1. The SMILES string of the molecule is CCNc1cc(C)c(N=O)c(OC)c1. The van der Waals surface area contributed by atoms with E-state index in [0.717, 1.165) is 17.8 Å². The van der Waals surface area contributed by atoms with Crippen molar-refractivity contribution in [2.24, 2.45) is 5.18 Å². The van der Waals surface area contributed by atoms with Gasteiger partial charge in [-0.2, -0.15) is 0 Å². The van der Waals surface area contributed by atoms with Gasteiger partial charge in [0, 0.05) is 18.3 Å². The number of benzene rings is 1. The Kier molecular flexibility index (Phi) is 3.45. The van der Waals surface area contributed by atoms with Crippen LogP contribution in [-0.4, -0.2) is 13.7 Å². The van der Waals surface area contributed by atoms with Crippen LogP contribution in [0.3, 0.4) is 0 Å². The fourth-order valence-electron chi connectivity index (χ4n) is 1.33. The number of rotatable bonds is 4. The van der Waals surface area contributed by atoms with Crippen LogP contribution in [-0.2, 0) is 0 Å². The van der Waals surface area contributed by atoms with E-state index in [1.54, 1.807) is 6.07 Å². The van der Waals surface area contributed by atoms with E-state index in [0.29, 0.717) is 11.4 Å². The molecule has 0 amide bonds. The van der Waals surface area contributed by atoms with Gasteiger partial charge in [0.1, 0.15) is 5.75 Å². The molecule has 0 aliphatic heterocycles. The number of hydrogen-bond acceptors (Lipinski definition) is 4. The lowest BCUT2D eigenvalue weighted by Crippen LogP contribution is -1.97. The predicted molar refractivity (Wildman–Crippen MR) is 57.3 cm³/mol. The standard InChI is InChI=1S/C10H14N2O2/c1-4-11-8-5-7(2)10(12-13)9(6-8)14-3/h5-6,11H,4H2,1-3H3. The fourth-order valence-corrected chi connectivity index (χ4v) is 1.33. The summed E-state index contributed by atoms with van der Waals surface area (Å²) in [6.45, 7) is 4.67. The molecule has 76 valence electrons. The highest BCUT2D eigenvalue weighted by Crippen LogP contribution is 2.34. The molecule has 1 rings (SSSR count). The van der Waals surface area contributed by atoms with E-state index < -0.39 is 0 Å². The van der Waals surface area contributed by atoms with Crippen molar-refractivity contribution in [3.8, 4) is 5.75 Å². The molecular weight excluding hydrogens is 180 g/mol. The lowest BCUT2D eigenvalue weighted by atomic mass is 10.1. The van der Waals surface area contributed by atoms with E-state index in [2.05, 4.69) is 10.5 Å². The molecule has 1 N–H and O–H groups in total. The third-order valence-electron chi connectivity index (χ3n) is 1.96. The summed E-state index contributed by atoms with van der Waals surface area (Å²) in [7, 11) is 1.53. The van der Waals surface area contributed by atoms with Crippen molar-refractivity contribution in [1.29, 1.82) is 0 Å². The molecule has 0 aliphatic carbocycles. The minimum Gasteiger partial charge on any atom is -0.494 e. The molecule has 0 heterocycles. The highest BCUT2D eigenvalue weighted by atomic mass is 16.5. The van der Waals surface area contributed by atoms with Crippen LogP contribution in [0.1, 0.15) is 12.5 Å². The number of ether oxygens (including phenoxy) is 1. The molecule has 4 nitrogen and oxygen atoms in total. The number of nitrogens with zero attached hydrogens (tertiary/aromatic N) is 1. The molecule has 0 unspecified atom stereocenters. The zero-order chi connectivity index (χ0) is 10.6. The number of nitrogens with one attached hydrogen (secondary N) is 1. The highest BCUT2D eigenvalue weighted by Gasteiger charge is 2.08. The summed E-state index contributed by atoms with van der Waals surface area (Å²) in [4.78, 5) is 10.5. The molecular formula is C10H14N2O2. The normalized spacial score (nSPS) is 9.64. The monoisotopic (exact) mass is 194 g/mol. The minimum absolute atomic E-state index is 0.370. The molecule has 1 aromatic carbocycles. The van der Waals surface area contributed by atoms with Crippen molar-refractivity contribution in [3.05, 3.63) is 22.6 Å². The summed E-state index contributed by atoms with van der Waals surface area (Å²) in [5.41, 5.74) is 2.12. The molecule has 0 atom stereocenters. The maximum atomic E-state index is 10.5. The van der Waals surface area contributed by atoms with E-state index in [1.807, 2.05) is 19.9 Å². The van der Waals surface area contributed by atoms with Crippen LogP contribution in [0.5, 0.6) is 5.75 Å². The largest absolute Gasteiger partial charge is 0.494 e. The predicted octanol–water partition coefficient (Wildman–Crippen LogP) is 2.83. The third kappa shape index (κ3) is 2.02. The molecule has 0 fully saturated rings. The smallest absolute Gasteiger partial charge is 0.152 e. The van der Waals surface area contributed by atoms with E-state index in [1.165, 1.54) is 7.11 Å². The Hall–Kier alpha value is -1.58. The summed E-state index contributed by atoms with van der Waals surface area (Å²) in [5, 5.41) is 6.09. The first-order valence-electron chi connectivity index (χ1n) is 4.48. The minimum atomic E-state index is 0.370. The third-order valence-corrected chi connectivity index (χ3v) is 1.96. The Bertz CT molecular complexity index is 337. The van der Waals surface area contributed by atoms with Gasteiger partial charge in [-0.3, -0.25) is 0 Å². The second-order valence-corrected chi connectivity index (χ2v) is 2.97. The summed E-state index contributed by atoms with van der Waals surface area (Å²) in [6, 6.07) is 3.65. The van der Waals surface area contributed by atoms with Crippen LogP contribution in [0.2, 0.25) is 0 Å². The summed E-state index contributed by atoms with van der Waals surface area (Å²) in [6.07, 6.45) is 0. The van der Waals surface area contributed by atoms with Crippen molar-refractivity contribution < 1.29 is 4.74 Å². The van der Waals surface area contributed by atoms with Gasteiger partial charge in [-0.25, -0.2) is 0 Å². The van der Waals surface area contributed by atoms with Gasteiger partial charge in [0.15, 0.2) is 5.69 Å². The zero-order valence-electron chi connectivity index (χ0n) is 8.63. The van der Waals surface area contributed by atoms with Gasteiger partial charge in [0.25, 0.3) is 0 Å². The van der Waals surface area contributed by atoms with Gasteiger partial charge in [-0.15, -0.1) is 4.91 Å². The fraction of sp³-hybridized carbons (Fsp3) is 0.400. The van der Waals surface area contributed by atoms with Crippen LogP contribution in [0.15, 0.2) is 17.3 Å². The number of nitroso groups, excluding NO2 is 1. The second-order valence-electron chi connectivity index (χ2n) is 2.97. The highest BCUT2D eigenvalue weighted by molar-refractivity contribution is 5.65. The van der Waals surface area contributed by atoms with Gasteiger partial charge in [0.05, 0.1) is 7.11 Å². The zero-order valence-corrected chi connectivity index (χ0v) is 8.63. The summed E-state index contributed by atoms with van der Waals surface area (Å²) < 4.78 is 5.07. The number of anilines is 1. The van der Waals surface area contributed by atoms with E-state index in [9.17, 15) is 4.91 Å². The van der Waals surface area contributed by atoms with Crippen molar-refractivity contribution >= 4 is 11.4 Å². The molecule has 0 bridgehead atoms. The van der Waals surface area contributed by atoms with Gasteiger partial charge in [-0.05, 0) is 30.7 Å². The van der Waals surface area contributed by atoms with Crippen LogP contribution in [0.25, 0.3) is 0 Å². The van der Waals surface area contributed by atoms with Gasteiger partial charge in [-0.1, -0.05) is 0 Å². The number of hydrogen-bond donors (Lipinski definition) is 1.